The van der Waals surface area contributed by atoms with Gasteiger partial charge in [-0.05, 0) is 6.07 Å². The molecule has 0 aliphatic heterocycles. The summed E-state index contributed by atoms with van der Waals surface area (Å²) in [6.45, 7) is 0.00959. The molecule has 84 valence electrons. The normalized spacial score (nSPS) is 10.1. The lowest BCUT2D eigenvalue weighted by Crippen LogP contribution is -2.02. The summed E-state index contributed by atoms with van der Waals surface area (Å²) in [7, 11) is 1.59. The number of methoxy groups -OCH3 is 1. The van der Waals surface area contributed by atoms with Crippen LogP contribution in [0.15, 0.2) is 18.2 Å². The zero-order valence-corrected chi connectivity index (χ0v) is 10.2. The Balaban J connectivity index is 2.80. The SMILES string of the molecule is COc1cccc(CBr)c1OCCCF. The highest BCUT2D eigenvalue weighted by Gasteiger charge is 2.08. The van der Waals surface area contributed by atoms with Gasteiger partial charge in [0.25, 0.3) is 0 Å². The van der Waals surface area contributed by atoms with Crippen LogP contribution in [-0.2, 0) is 5.33 Å². The van der Waals surface area contributed by atoms with Crippen LogP contribution in [0.25, 0.3) is 0 Å². The first-order valence-electron chi connectivity index (χ1n) is 4.74. The minimum Gasteiger partial charge on any atom is -0.493 e. The van der Waals surface area contributed by atoms with Crippen molar-refractivity contribution in [2.45, 2.75) is 11.8 Å². The number of rotatable bonds is 6. The summed E-state index contributed by atoms with van der Waals surface area (Å²) in [6, 6.07) is 5.68. The van der Waals surface area contributed by atoms with Crippen LogP contribution in [0.4, 0.5) is 4.39 Å². The van der Waals surface area contributed by atoms with Crippen LogP contribution in [0.5, 0.6) is 11.5 Å². The lowest BCUT2D eigenvalue weighted by molar-refractivity contribution is 0.272. The van der Waals surface area contributed by atoms with E-state index in [1.165, 1.54) is 0 Å². The summed E-state index contributed by atoms with van der Waals surface area (Å²) in [5.74, 6) is 1.39. The molecule has 1 rings (SSSR count). The largest absolute Gasteiger partial charge is 0.493 e. The second-order valence-corrected chi connectivity index (χ2v) is 3.53. The van der Waals surface area contributed by atoms with Gasteiger partial charge < -0.3 is 9.47 Å². The predicted molar refractivity (Wildman–Crippen MR) is 61.7 cm³/mol. The van der Waals surface area contributed by atoms with E-state index < -0.39 is 0 Å². The van der Waals surface area contributed by atoms with Crippen molar-refractivity contribution in [3.63, 3.8) is 0 Å². The topological polar surface area (TPSA) is 18.5 Å². The highest BCUT2D eigenvalue weighted by atomic mass is 79.9. The molecule has 0 heterocycles. The van der Waals surface area contributed by atoms with E-state index in [-0.39, 0.29) is 6.67 Å². The molecule has 0 aliphatic carbocycles. The molecule has 0 saturated carbocycles. The van der Waals surface area contributed by atoms with Crippen molar-refractivity contribution in [2.75, 3.05) is 20.4 Å². The fraction of sp³-hybridized carbons (Fsp3) is 0.455. The summed E-state index contributed by atoms with van der Waals surface area (Å²) in [5, 5.41) is 0.690. The van der Waals surface area contributed by atoms with E-state index in [1.807, 2.05) is 18.2 Å². The average molecular weight is 277 g/mol. The van der Waals surface area contributed by atoms with E-state index in [2.05, 4.69) is 15.9 Å². The third-order valence-electron chi connectivity index (χ3n) is 1.95. The third-order valence-corrected chi connectivity index (χ3v) is 2.55. The van der Waals surface area contributed by atoms with Crippen molar-refractivity contribution >= 4 is 15.9 Å². The molecular weight excluding hydrogens is 263 g/mol. The molecule has 0 aromatic heterocycles. The van der Waals surface area contributed by atoms with Gasteiger partial charge in [0, 0.05) is 17.3 Å². The van der Waals surface area contributed by atoms with E-state index >= 15 is 0 Å². The number of benzene rings is 1. The van der Waals surface area contributed by atoms with Gasteiger partial charge in [0.2, 0.25) is 0 Å². The molecule has 15 heavy (non-hydrogen) atoms. The van der Waals surface area contributed by atoms with Gasteiger partial charge >= 0.3 is 0 Å². The van der Waals surface area contributed by atoms with Crippen molar-refractivity contribution < 1.29 is 13.9 Å². The van der Waals surface area contributed by atoms with E-state index in [1.54, 1.807) is 7.11 Å². The Morgan fingerprint density at radius 2 is 2.20 bits per heavy atom. The fourth-order valence-corrected chi connectivity index (χ4v) is 1.66. The first-order chi connectivity index (χ1) is 7.33. The molecule has 1 aromatic rings. The molecule has 0 radical (unpaired) electrons. The van der Waals surface area contributed by atoms with Crippen LogP contribution < -0.4 is 9.47 Å². The molecule has 0 fully saturated rings. The molecule has 0 spiro atoms. The number of hydrogen-bond donors (Lipinski definition) is 0. The molecule has 0 atom stereocenters. The van der Waals surface area contributed by atoms with Crippen molar-refractivity contribution in [3.05, 3.63) is 23.8 Å². The van der Waals surface area contributed by atoms with Crippen LogP contribution in [0.3, 0.4) is 0 Å². The first kappa shape index (κ1) is 12.3. The zero-order valence-electron chi connectivity index (χ0n) is 8.63. The Kier molecular flexibility index (Phi) is 5.47. The second-order valence-electron chi connectivity index (χ2n) is 2.97. The van der Waals surface area contributed by atoms with E-state index in [0.717, 1.165) is 5.56 Å². The smallest absolute Gasteiger partial charge is 0.165 e. The number of ether oxygens (including phenoxy) is 2. The maximum atomic E-state index is 11.9. The molecular formula is C11H14BrFO2. The Bertz CT molecular complexity index is 282. The van der Waals surface area contributed by atoms with Crippen molar-refractivity contribution in [1.82, 2.24) is 0 Å². The van der Waals surface area contributed by atoms with E-state index in [9.17, 15) is 4.39 Å². The molecule has 1 aromatic carbocycles. The molecule has 0 aliphatic rings. The van der Waals surface area contributed by atoms with Gasteiger partial charge in [0.15, 0.2) is 11.5 Å². The predicted octanol–water partition coefficient (Wildman–Crippen LogP) is 3.33. The standard InChI is InChI=1S/C11H14BrFO2/c1-14-10-5-2-4-9(8-12)11(10)15-7-3-6-13/h2,4-5H,3,6-8H2,1H3. The molecule has 4 heteroatoms. The maximum absolute atomic E-state index is 11.9. The van der Waals surface area contributed by atoms with Crippen LogP contribution in [0.1, 0.15) is 12.0 Å². The zero-order chi connectivity index (χ0) is 11.1. The molecule has 2 nitrogen and oxygen atoms in total. The monoisotopic (exact) mass is 276 g/mol. The molecule has 0 saturated heterocycles. The van der Waals surface area contributed by atoms with Crippen LogP contribution >= 0.6 is 15.9 Å². The highest BCUT2D eigenvalue weighted by Crippen LogP contribution is 2.32. The molecule has 0 N–H and O–H groups in total. The van der Waals surface area contributed by atoms with Crippen LogP contribution in [0.2, 0.25) is 0 Å². The number of hydrogen-bond acceptors (Lipinski definition) is 2. The Morgan fingerprint density at radius 1 is 1.40 bits per heavy atom. The summed E-state index contributed by atoms with van der Waals surface area (Å²) < 4.78 is 22.6. The number of alkyl halides is 2. The average Bonchev–Trinajstić information content (AvgIpc) is 2.29. The summed E-state index contributed by atoms with van der Waals surface area (Å²) in [5.41, 5.74) is 1.01. The lowest BCUT2D eigenvalue weighted by Gasteiger charge is -2.13. The van der Waals surface area contributed by atoms with Crippen molar-refractivity contribution in [2.24, 2.45) is 0 Å². The van der Waals surface area contributed by atoms with E-state index in [0.29, 0.717) is 29.9 Å². The maximum Gasteiger partial charge on any atom is 0.165 e. The molecule has 0 bridgehead atoms. The number of para-hydroxylation sites is 1. The fourth-order valence-electron chi connectivity index (χ4n) is 1.22. The first-order valence-corrected chi connectivity index (χ1v) is 5.86. The van der Waals surface area contributed by atoms with Crippen molar-refractivity contribution in [1.29, 1.82) is 0 Å². The number of halogens is 2. The second kappa shape index (κ2) is 6.67. The lowest BCUT2D eigenvalue weighted by atomic mass is 10.2. The van der Waals surface area contributed by atoms with Gasteiger partial charge in [-0.25, -0.2) is 0 Å². The highest BCUT2D eigenvalue weighted by molar-refractivity contribution is 9.08. The summed E-state index contributed by atoms with van der Waals surface area (Å²) >= 11 is 3.37. The van der Waals surface area contributed by atoms with Crippen molar-refractivity contribution in [3.8, 4) is 11.5 Å². The van der Waals surface area contributed by atoms with Crippen LogP contribution in [0, 0.1) is 0 Å². The van der Waals surface area contributed by atoms with Gasteiger partial charge in [-0.1, -0.05) is 28.1 Å². The minimum atomic E-state index is -0.362. The Morgan fingerprint density at radius 3 is 2.80 bits per heavy atom. The third kappa shape index (κ3) is 3.38. The van der Waals surface area contributed by atoms with Gasteiger partial charge in [-0.3, -0.25) is 4.39 Å². The minimum absolute atomic E-state index is 0.362. The van der Waals surface area contributed by atoms with Gasteiger partial charge in [-0.2, -0.15) is 0 Å². The van der Waals surface area contributed by atoms with Gasteiger partial charge in [-0.15, -0.1) is 0 Å². The molecule has 0 amide bonds. The Labute approximate surface area is 97.5 Å². The molecule has 0 unspecified atom stereocenters. The summed E-state index contributed by atoms with van der Waals surface area (Å²) in [4.78, 5) is 0. The Hall–Kier alpha value is -0.770. The van der Waals surface area contributed by atoms with Gasteiger partial charge in [0.1, 0.15) is 0 Å². The van der Waals surface area contributed by atoms with Crippen LogP contribution in [-0.4, -0.2) is 20.4 Å². The van der Waals surface area contributed by atoms with Gasteiger partial charge in [0.05, 0.1) is 20.4 Å². The quantitative estimate of drug-likeness (QED) is 0.586. The van der Waals surface area contributed by atoms with E-state index in [4.69, 9.17) is 9.47 Å². The summed E-state index contributed by atoms with van der Waals surface area (Å²) in [6.07, 6.45) is 0.403.